The van der Waals surface area contributed by atoms with Gasteiger partial charge in [-0.1, -0.05) is 11.6 Å². The van der Waals surface area contributed by atoms with Gasteiger partial charge in [0.1, 0.15) is 0 Å². The number of carbonyl (C=O) groups excluding carboxylic acids is 2. The molecular weight excluding hydrogens is 353 g/mol. The zero-order valence-electron chi connectivity index (χ0n) is 15.2. The number of carbonyl (C=O) groups is 2. The average Bonchev–Trinajstić information content (AvgIpc) is 2.78. The highest BCUT2D eigenvalue weighted by Crippen LogP contribution is 2.40. The van der Waals surface area contributed by atoms with E-state index in [1.165, 1.54) is 4.90 Å². The molecule has 0 N–H and O–H groups in total. The van der Waals surface area contributed by atoms with Crippen LogP contribution >= 0.6 is 18.5 Å². The fourth-order valence-corrected chi connectivity index (χ4v) is 4.68. The number of hydrogen-bond acceptors (Lipinski definition) is 2. The predicted molar refractivity (Wildman–Crippen MR) is 109 cm³/mol. The van der Waals surface area contributed by atoms with Crippen LogP contribution in [-0.2, 0) is 16.0 Å². The Balaban J connectivity index is 1.96. The fourth-order valence-electron chi connectivity index (χ4n) is 3.52. The van der Waals surface area contributed by atoms with Gasteiger partial charge < -0.3 is 0 Å². The zero-order valence-corrected chi connectivity index (χ0v) is 16.8. The molecule has 0 fully saturated rings. The van der Waals surface area contributed by atoms with E-state index in [1.807, 2.05) is 19.1 Å². The first-order valence-electron chi connectivity index (χ1n) is 8.76. The molecule has 2 amide bonds. The van der Waals surface area contributed by atoms with E-state index in [4.69, 9.17) is 11.6 Å². The molecule has 1 aliphatic heterocycles. The second kappa shape index (κ2) is 6.78. The summed E-state index contributed by atoms with van der Waals surface area (Å²) in [6, 6.07) is 3.81. The molecule has 1 heterocycles. The third-order valence-corrected chi connectivity index (χ3v) is 6.77. The Morgan fingerprint density at radius 3 is 2.20 bits per heavy atom. The lowest BCUT2D eigenvalue weighted by molar-refractivity contribution is -0.120. The van der Waals surface area contributed by atoms with Gasteiger partial charge in [0.25, 0.3) is 11.8 Å². The minimum Gasteiger partial charge on any atom is -0.269 e. The number of imide groups is 1. The Hall–Kier alpha value is -1.31. The van der Waals surface area contributed by atoms with Crippen LogP contribution in [0.1, 0.15) is 36.8 Å². The molecule has 0 aromatic heterocycles. The summed E-state index contributed by atoms with van der Waals surface area (Å²) in [4.78, 5) is 27.0. The molecule has 1 aliphatic carbocycles. The Bertz CT molecular complexity index is 806. The van der Waals surface area contributed by atoms with Gasteiger partial charge in [-0.25, -0.2) is 4.90 Å². The van der Waals surface area contributed by atoms with Crippen molar-refractivity contribution in [2.45, 2.75) is 39.0 Å². The van der Waals surface area contributed by atoms with E-state index >= 15 is 0 Å². The van der Waals surface area contributed by atoms with E-state index in [2.05, 4.69) is 19.6 Å². The molecule has 2 aliphatic rings. The highest BCUT2D eigenvalue weighted by atomic mass is 35.5. The minimum atomic E-state index is -1.16. The van der Waals surface area contributed by atoms with Gasteiger partial charge in [-0.15, -0.1) is 13.2 Å². The summed E-state index contributed by atoms with van der Waals surface area (Å²) >= 11 is 6.42. The van der Waals surface area contributed by atoms with E-state index in [-0.39, 0.29) is 11.8 Å². The van der Waals surface area contributed by atoms with E-state index < -0.39 is 6.89 Å². The molecule has 0 spiro atoms. The van der Waals surface area contributed by atoms with Crippen LogP contribution in [0, 0.1) is 6.92 Å². The Morgan fingerprint density at radius 1 is 1.12 bits per heavy atom. The van der Waals surface area contributed by atoms with Gasteiger partial charge in [0.2, 0.25) is 0 Å². The van der Waals surface area contributed by atoms with Crippen LogP contribution in [0.25, 0.3) is 0 Å². The van der Waals surface area contributed by atoms with Gasteiger partial charge in [0.05, 0.1) is 5.69 Å². The van der Waals surface area contributed by atoms with Crippen LogP contribution in [0.3, 0.4) is 0 Å². The first kappa shape index (κ1) is 18.5. The molecule has 3 rings (SSSR count). The van der Waals surface area contributed by atoms with Crippen molar-refractivity contribution in [1.82, 2.24) is 0 Å². The molecule has 0 atom stereocenters. The lowest BCUT2D eigenvalue weighted by atomic mass is 9.93. The number of nitrogens with zero attached hydrogens (tertiary/aromatic N) is 1. The number of amides is 2. The molecule has 0 unspecified atom stereocenters. The van der Waals surface area contributed by atoms with Crippen molar-refractivity contribution in [3.63, 3.8) is 0 Å². The summed E-state index contributed by atoms with van der Waals surface area (Å²) in [6.07, 6.45) is 9.47. The molecule has 1 aromatic rings. The maximum absolute atomic E-state index is 12.8. The second-order valence-electron chi connectivity index (χ2n) is 7.75. The number of aryl methyl sites for hydroxylation is 2. The smallest absolute Gasteiger partial charge is 0.261 e. The molecule has 134 valence electrons. The first-order chi connectivity index (χ1) is 11.7. The molecule has 0 radical (unpaired) electrons. The minimum absolute atomic E-state index is 0.138. The Morgan fingerprint density at radius 2 is 1.68 bits per heavy atom. The summed E-state index contributed by atoms with van der Waals surface area (Å²) in [5, 5.41) is 0.700. The number of halogens is 1. The number of hydrogen-bond donors (Lipinski definition) is 0. The van der Waals surface area contributed by atoms with Crippen molar-refractivity contribution in [2.24, 2.45) is 0 Å². The fraction of sp³-hybridized carbons (Fsp3) is 0.450. The number of benzene rings is 1. The highest BCUT2D eigenvalue weighted by molar-refractivity contribution is 7.72. The summed E-state index contributed by atoms with van der Waals surface area (Å²) in [5.74, 6) is -0.276. The summed E-state index contributed by atoms with van der Waals surface area (Å²) in [7, 11) is 0. The number of anilines is 1. The number of rotatable bonds is 4. The van der Waals surface area contributed by atoms with E-state index in [9.17, 15) is 9.59 Å². The van der Waals surface area contributed by atoms with Crippen LogP contribution in [0.4, 0.5) is 5.69 Å². The normalized spacial score (nSPS) is 18.2. The quantitative estimate of drug-likeness (QED) is 0.566. The van der Waals surface area contributed by atoms with Crippen LogP contribution in [0.2, 0.25) is 5.02 Å². The lowest BCUT2D eigenvalue weighted by Gasteiger charge is -2.20. The van der Waals surface area contributed by atoms with Gasteiger partial charge in [-0.05, 0) is 81.8 Å². The second-order valence-corrected chi connectivity index (χ2v) is 12.5. The average molecular weight is 378 g/mol. The first-order valence-corrected chi connectivity index (χ1v) is 12.2. The van der Waals surface area contributed by atoms with Crippen molar-refractivity contribution in [1.29, 1.82) is 0 Å². The van der Waals surface area contributed by atoms with Gasteiger partial charge >= 0.3 is 0 Å². The van der Waals surface area contributed by atoms with Crippen molar-refractivity contribution in [2.75, 3.05) is 24.4 Å². The molecule has 0 bridgehead atoms. The molecule has 0 saturated carbocycles. The van der Waals surface area contributed by atoms with E-state index in [0.29, 0.717) is 10.7 Å². The standard InChI is InChI=1S/C20H25ClNO2P/c1-13-11-17(21)14(9-10-25(2,3)4)12-18(13)22-19(23)15-7-5-6-8-16(15)20(22)24/h11-12H,2,5-10H2,1,3-4H3. The van der Waals surface area contributed by atoms with Crippen LogP contribution < -0.4 is 4.90 Å². The van der Waals surface area contributed by atoms with E-state index in [1.54, 1.807) is 0 Å². The monoisotopic (exact) mass is 377 g/mol. The SMILES string of the molecule is C=P(C)(C)CCc1cc(N2C(=O)C3=C(CCCC3)C2=O)c(C)cc1Cl. The van der Waals surface area contributed by atoms with Gasteiger partial charge in [-0.3, -0.25) is 9.59 Å². The Kier molecular flexibility index (Phi) is 5.01. The third-order valence-electron chi connectivity index (χ3n) is 4.98. The van der Waals surface area contributed by atoms with Crippen molar-refractivity contribution in [3.8, 4) is 0 Å². The van der Waals surface area contributed by atoms with Crippen molar-refractivity contribution in [3.05, 3.63) is 39.4 Å². The lowest BCUT2D eigenvalue weighted by Crippen LogP contribution is -2.32. The highest BCUT2D eigenvalue weighted by Gasteiger charge is 2.40. The van der Waals surface area contributed by atoms with Gasteiger partial charge in [0, 0.05) is 16.2 Å². The van der Waals surface area contributed by atoms with E-state index in [0.717, 1.165) is 60.5 Å². The molecule has 5 heteroatoms. The largest absolute Gasteiger partial charge is 0.269 e. The van der Waals surface area contributed by atoms with Crippen molar-refractivity contribution < 1.29 is 9.59 Å². The molecule has 3 nitrogen and oxygen atoms in total. The van der Waals surface area contributed by atoms with Gasteiger partial charge in [0.15, 0.2) is 0 Å². The summed E-state index contributed by atoms with van der Waals surface area (Å²) < 4.78 is 0. The molecule has 1 aromatic carbocycles. The summed E-state index contributed by atoms with van der Waals surface area (Å²) in [5.41, 5.74) is 3.97. The van der Waals surface area contributed by atoms with Crippen LogP contribution in [0.5, 0.6) is 0 Å². The predicted octanol–water partition coefficient (Wildman–Crippen LogP) is 4.64. The molecular formula is C20H25ClNO2P. The molecule has 25 heavy (non-hydrogen) atoms. The zero-order chi connectivity index (χ0) is 18.4. The van der Waals surface area contributed by atoms with Crippen molar-refractivity contribution >= 4 is 42.3 Å². The summed E-state index contributed by atoms with van der Waals surface area (Å²) in [6.45, 7) is 5.13. The Labute approximate surface area is 155 Å². The maximum atomic E-state index is 12.8. The molecule has 0 saturated heterocycles. The topological polar surface area (TPSA) is 37.4 Å². The van der Waals surface area contributed by atoms with Crippen LogP contribution in [-0.4, -0.2) is 37.6 Å². The van der Waals surface area contributed by atoms with Gasteiger partial charge in [-0.2, -0.15) is 0 Å². The van der Waals surface area contributed by atoms with Crippen LogP contribution in [0.15, 0.2) is 23.3 Å². The third kappa shape index (κ3) is 3.64. The maximum Gasteiger partial charge on any atom is 0.261 e.